The fraction of sp³-hybridized carbons (Fsp3) is 0.462. The summed E-state index contributed by atoms with van der Waals surface area (Å²) in [4.78, 5) is 11.9. The molecule has 0 saturated heterocycles. The molecule has 17 heavy (non-hydrogen) atoms. The van der Waals surface area contributed by atoms with Gasteiger partial charge in [0.05, 0.1) is 4.47 Å². The van der Waals surface area contributed by atoms with Gasteiger partial charge in [-0.05, 0) is 54.4 Å². The van der Waals surface area contributed by atoms with E-state index in [1.807, 2.05) is 13.8 Å². The Bertz CT molecular complexity index is 418. The van der Waals surface area contributed by atoms with E-state index in [0.29, 0.717) is 10.0 Å². The molecule has 0 atom stereocenters. The highest BCUT2D eigenvalue weighted by Gasteiger charge is 2.20. The third-order valence-corrected chi connectivity index (χ3v) is 3.12. The van der Waals surface area contributed by atoms with E-state index in [4.69, 9.17) is 0 Å². The number of carbonyl (C=O) groups is 1. The lowest BCUT2D eigenvalue weighted by molar-refractivity contribution is 0.0909. The molecular formula is C13H17BrFNO. The quantitative estimate of drug-likeness (QED) is 0.898. The van der Waals surface area contributed by atoms with Crippen LogP contribution in [0.2, 0.25) is 0 Å². The third kappa shape index (κ3) is 4.11. The molecule has 0 unspecified atom stereocenters. The molecule has 1 N–H and O–H groups in total. The van der Waals surface area contributed by atoms with E-state index in [9.17, 15) is 9.18 Å². The molecule has 4 heteroatoms. The van der Waals surface area contributed by atoms with Crippen molar-refractivity contribution in [2.75, 3.05) is 0 Å². The smallest absolute Gasteiger partial charge is 0.251 e. The minimum atomic E-state index is -0.366. The summed E-state index contributed by atoms with van der Waals surface area (Å²) in [6.45, 7) is 6.03. The SMILES string of the molecule is CCCC(C)(C)NC(=O)c1ccc(F)c(Br)c1. The predicted octanol–water partition coefficient (Wildman–Crippen LogP) is 3.90. The molecule has 0 spiro atoms. The zero-order valence-corrected chi connectivity index (χ0v) is 11.9. The van der Waals surface area contributed by atoms with Gasteiger partial charge in [0.2, 0.25) is 0 Å². The second kappa shape index (κ2) is 5.63. The summed E-state index contributed by atoms with van der Waals surface area (Å²) in [6, 6.07) is 4.26. The number of rotatable bonds is 4. The van der Waals surface area contributed by atoms with Crippen LogP contribution in [0.15, 0.2) is 22.7 Å². The lowest BCUT2D eigenvalue weighted by Gasteiger charge is -2.25. The van der Waals surface area contributed by atoms with Gasteiger partial charge >= 0.3 is 0 Å². The number of nitrogens with one attached hydrogen (secondary N) is 1. The van der Waals surface area contributed by atoms with E-state index in [-0.39, 0.29) is 17.3 Å². The van der Waals surface area contributed by atoms with Crippen molar-refractivity contribution in [1.29, 1.82) is 0 Å². The summed E-state index contributed by atoms with van der Waals surface area (Å²) in [5, 5.41) is 2.94. The maximum atomic E-state index is 13.0. The molecule has 0 fully saturated rings. The summed E-state index contributed by atoms with van der Waals surface area (Å²) < 4.78 is 13.3. The van der Waals surface area contributed by atoms with Crippen molar-refractivity contribution >= 4 is 21.8 Å². The van der Waals surface area contributed by atoms with Crippen molar-refractivity contribution in [3.63, 3.8) is 0 Å². The number of benzene rings is 1. The van der Waals surface area contributed by atoms with Gasteiger partial charge in [-0.15, -0.1) is 0 Å². The normalized spacial score (nSPS) is 11.4. The molecule has 0 aliphatic rings. The third-order valence-electron chi connectivity index (χ3n) is 2.51. The Hall–Kier alpha value is -0.900. The molecule has 0 bridgehead atoms. The largest absolute Gasteiger partial charge is 0.347 e. The number of amides is 1. The van der Waals surface area contributed by atoms with Crippen LogP contribution in [0.25, 0.3) is 0 Å². The van der Waals surface area contributed by atoms with Crippen molar-refractivity contribution in [2.45, 2.75) is 39.2 Å². The Morgan fingerprint density at radius 2 is 2.12 bits per heavy atom. The van der Waals surface area contributed by atoms with E-state index in [1.165, 1.54) is 18.2 Å². The lowest BCUT2D eigenvalue weighted by atomic mass is 9.98. The van der Waals surface area contributed by atoms with Crippen LogP contribution in [0.4, 0.5) is 4.39 Å². The molecule has 0 aromatic heterocycles. The fourth-order valence-electron chi connectivity index (χ4n) is 1.70. The molecule has 1 aromatic carbocycles. The Morgan fingerprint density at radius 3 is 2.65 bits per heavy atom. The van der Waals surface area contributed by atoms with Crippen molar-refractivity contribution in [1.82, 2.24) is 5.32 Å². The zero-order valence-electron chi connectivity index (χ0n) is 10.3. The van der Waals surface area contributed by atoms with Gasteiger partial charge < -0.3 is 5.32 Å². The van der Waals surface area contributed by atoms with Crippen LogP contribution in [-0.4, -0.2) is 11.4 Å². The molecule has 1 rings (SSSR count). The topological polar surface area (TPSA) is 29.1 Å². The number of hydrogen-bond acceptors (Lipinski definition) is 1. The van der Waals surface area contributed by atoms with Gasteiger partial charge in [-0.3, -0.25) is 4.79 Å². The maximum absolute atomic E-state index is 13.0. The molecule has 0 saturated carbocycles. The van der Waals surface area contributed by atoms with Gasteiger partial charge in [0.25, 0.3) is 5.91 Å². The molecule has 0 aliphatic heterocycles. The monoisotopic (exact) mass is 301 g/mol. The van der Waals surface area contributed by atoms with Crippen LogP contribution in [0, 0.1) is 5.82 Å². The van der Waals surface area contributed by atoms with E-state index in [0.717, 1.165) is 12.8 Å². The van der Waals surface area contributed by atoms with Crippen LogP contribution in [0.3, 0.4) is 0 Å². The van der Waals surface area contributed by atoms with Gasteiger partial charge in [-0.1, -0.05) is 13.3 Å². The first kappa shape index (κ1) is 14.2. The molecule has 94 valence electrons. The minimum absolute atomic E-state index is 0.177. The highest BCUT2D eigenvalue weighted by atomic mass is 79.9. The second-order valence-electron chi connectivity index (χ2n) is 4.72. The fourth-order valence-corrected chi connectivity index (χ4v) is 2.08. The molecule has 0 aliphatic carbocycles. The van der Waals surface area contributed by atoms with Crippen LogP contribution in [-0.2, 0) is 0 Å². The van der Waals surface area contributed by atoms with Gasteiger partial charge in [0.15, 0.2) is 0 Å². The Morgan fingerprint density at radius 1 is 1.47 bits per heavy atom. The van der Waals surface area contributed by atoms with E-state index < -0.39 is 0 Å². The van der Waals surface area contributed by atoms with Crippen LogP contribution < -0.4 is 5.32 Å². The Balaban J connectivity index is 2.80. The number of carbonyl (C=O) groups excluding carboxylic acids is 1. The molecule has 0 radical (unpaired) electrons. The summed E-state index contributed by atoms with van der Waals surface area (Å²) in [6.07, 6.45) is 1.90. The first-order valence-corrected chi connectivity index (χ1v) is 6.42. The molecular weight excluding hydrogens is 285 g/mol. The molecule has 1 aromatic rings. The summed E-state index contributed by atoms with van der Waals surface area (Å²) in [5.74, 6) is -0.543. The first-order valence-electron chi connectivity index (χ1n) is 5.63. The molecule has 0 heterocycles. The summed E-state index contributed by atoms with van der Waals surface area (Å²) in [7, 11) is 0. The number of halogens is 2. The van der Waals surface area contributed by atoms with Crippen LogP contribution in [0.5, 0.6) is 0 Å². The van der Waals surface area contributed by atoms with Crippen molar-refractivity contribution < 1.29 is 9.18 Å². The summed E-state index contributed by atoms with van der Waals surface area (Å²) >= 11 is 3.07. The van der Waals surface area contributed by atoms with Crippen LogP contribution >= 0.6 is 15.9 Å². The first-order chi connectivity index (χ1) is 7.85. The second-order valence-corrected chi connectivity index (χ2v) is 5.57. The molecule has 2 nitrogen and oxygen atoms in total. The Kier molecular flexibility index (Phi) is 4.69. The number of hydrogen-bond donors (Lipinski definition) is 1. The van der Waals surface area contributed by atoms with Gasteiger partial charge in [0.1, 0.15) is 5.82 Å². The van der Waals surface area contributed by atoms with E-state index >= 15 is 0 Å². The average Bonchev–Trinajstić information content (AvgIpc) is 2.21. The van der Waals surface area contributed by atoms with Gasteiger partial charge in [0, 0.05) is 11.1 Å². The highest BCUT2D eigenvalue weighted by Crippen LogP contribution is 2.18. The van der Waals surface area contributed by atoms with Crippen molar-refractivity contribution in [3.8, 4) is 0 Å². The Labute approximate surface area is 110 Å². The highest BCUT2D eigenvalue weighted by molar-refractivity contribution is 9.10. The van der Waals surface area contributed by atoms with Gasteiger partial charge in [-0.25, -0.2) is 4.39 Å². The van der Waals surface area contributed by atoms with Crippen LogP contribution in [0.1, 0.15) is 44.0 Å². The minimum Gasteiger partial charge on any atom is -0.347 e. The zero-order chi connectivity index (χ0) is 13.1. The standard InChI is InChI=1S/C13H17BrFNO/c1-4-7-13(2,3)16-12(17)9-5-6-11(15)10(14)8-9/h5-6,8H,4,7H2,1-3H3,(H,16,17). The molecule has 1 amide bonds. The predicted molar refractivity (Wildman–Crippen MR) is 70.6 cm³/mol. The van der Waals surface area contributed by atoms with Crippen molar-refractivity contribution in [3.05, 3.63) is 34.1 Å². The van der Waals surface area contributed by atoms with Crippen molar-refractivity contribution in [2.24, 2.45) is 0 Å². The van der Waals surface area contributed by atoms with E-state index in [2.05, 4.69) is 28.2 Å². The van der Waals surface area contributed by atoms with E-state index in [1.54, 1.807) is 0 Å². The van der Waals surface area contributed by atoms with Gasteiger partial charge in [-0.2, -0.15) is 0 Å². The maximum Gasteiger partial charge on any atom is 0.251 e. The average molecular weight is 302 g/mol. The lowest BCUT2D eigenvalue weighted by Crippen LogP contribution is -2.43. The summed E-state index contributed by atoms with van der Waals surface area (Å²) in [5.41, 5.74) is 0.217.